The number of aliphatic hydroxyl groups is 1. The summed E-state index contributed by atoms with van der Waals surface area (Å²) in [5.74, 6) is 0.807. The van der Waals surface area contributed by atoms with Crippen LogP contribution in [0, 0.1) is 20.2 Å². The zero-order valence-electron chi connectivity index (χ0n) is 74.4. The third kappa shape index (κ3) is 40.7. The number of nitrogens with two attached hydrogens (primary N) is 1. The van der Waals surface area contributed by atoms with Crippen molar-refractivity contribution >= 4 is 85.7 Å². The van der Waals surface area contributed by atoms with Crippen LogP contribution in [0.2, 0.25) is 0 Å². The summed E-state index contributed by atoms with van der Waals surface area (Å²) in [4.78, 5) is 145. The predicted octanol–water partition coefficient (Wildman–Crippen LogP) is 18.2. The molecule has 3 saturated heterocycles. The zero-order valence-corrected chi connectivity index (χ0v) is 75.2. The number of H-pyrrole nitrogens is 3. The Morgan fingerprint density at radius 1 is 0.462 bits per heavy atom. The van der Waals surface area contributed by atoms with Crippen LogP contribution >= 0.6 is 11.6 Å². The van der Waals surface area contributed by atoms with Gasteiger partial charge < -0.3 is 64.3 Å². The molecule has 37 heteroatoms. The summed E-state index contributed by atoms with van der Waals surface area (Å²) in [6.45, 7) is 5.38. The number of allylic oxidation sites excluding steroid dienone is 24. The van der Waals surface area contributed by atoms with Gasteiger partial charge in [-0.05, 0) is 172 Å². The highest BCUT2D eigenvalue weighted by Gasteiger charge is 2.32. The maximum Gasteiger partial charge on any atom is 0.513 e. The van der Waals surface area contributed by atoms with Crippen molar-refractivity contribution in [1.29, 1.82) is 0 Å². The summed E-state index contributed by atoms with van der Waals surface area (Å²) in [6, 6.07) is 10.1. The third-order valence-electron chi connectivity index (χ3n) is 19.7. The summed E-state index contributed by atoms with van der Waals surface area (Å²) in [5.41, 5.74) is 5.52. The summed E-state index contributed by atoms with van der Waals surface area (Å²) in [7, 11) is 0. The fraction of sp³-hybridized carbons (Fsp3) is 0.411. The topological polar surface area (TPSA) is 485 Å². The molecule has 6 atom stereocenters. The zero-order chi connectivity index (χ0) is 94.6. The standard InChI is InChI=1S/C36H49N5O5.C25H39NO.C17H15N5O7.C10H12N4O3.C7H4ClNO4/c1-2-3-4-5-6-7-8-9-10-11-12-13-14-15-16-17-18-19-20-22-30(42)23-21-26-37-36(44)45-27-31-24-25-32(46-31)41-29-40-33-34(41)38-28-39-35(33)43;1-2-3-4-5-6-7-8-9-10-11-12-13-14-15-16-17-18-19-20-22-25(27)23-21-24-26;23-16-14-15(18-8-19-16)21(9-20-14)13-6-5-12(28-13)7-27-17(24)29-11-3-1-10(2-4-11)22(25)26;15-3-6-1-2-7(17-6)14-5-13-8-9(14)11-4-12-10(8)16;8-7(10)13-6-3-1-5(2-4-6)9(11)12/h3-4,6-7,9-10,12-13,15-16,18-19,28-29,31-32H,2,5,8,11,14,17,20-27H2,1H3,(H,37,44)(H,38,39,43);3-4,6-7,9-10,12-13,15-16,18-19H,2,5,8,11,14,17,20-24,26H2,1H3;1-4,8-9,12-13H,5-7H2,(H,18,19,23);4-7,15H,1-3H2,(H,11,12,16);1-4H/b2*4-3-,7-6-,10-9-,13-12-,16-15-,19-18-;;;/t31-,32?;;12-,13?;6-,7?;/m0.00./s1. The SMILES string of the molecule is CC/C=C\C/C=C\C/C=C\C/C=C\C/C=C\C/C=C\CCC(=O)CCCN.CC/C=C\C/C=C\C/C=C\C/C=C\C/C=C\C/C=C\CCC(=O)CCCNC(=O)OC[C@@H]1CCC(n2cnc3c(=O)[nH]cnc32)O1.O=C(Cl)Oc1ccc([N+](=O)[O-])cc1.O=C(OC[C@@H]1CCC(n2cnc3c(=O)[nH]cnc32)O1)Oc1ccc([N+](=O)[O-])cc1.O=c1[nH]cnc2c1ncn2C1CC[C@@H](CO)O1. The van der Waals surface area contributed by atoms with Crippen molar-refractivity contribution in [3.63, 3.8) is 0 Å². The van der Waals surface area contributed by atoms with E-state index in [0.29, 0.717) is 99.1 Å². The molecule has 1 amide bonds. The van der Waals surface area contributed by atoms with Gasteiger partial charge in [0.05, 0.1) is 72.7 Å². The number of aromatic amines is 3. The summed E-state index contributed by atoms with van der Waals surface area (Å²) < 4.78 is 42.4. The first kappa shape index (κ1) is 106. The molecule has 3 unspecified atom stereocenters. The lowest BCUT2D eigenvalue weighted by Gasteiger charge is -2.15. The van der Waals surface area contributed by atoms with E-state index in [1.165, 1.54) is 73.8 Å². The number of fused-ring (bicyclic) bond motifs is 3. The molecular weight excluding hydrogens is 1720 g/mol. The Bertz CT molecular complexity index is 5440. The van der Waals surface area contributed by atoms with Gasteiger partial charge >= 0.3 is 17.7 Å². The number of alkyl carbamates (subject to hydrolysis) is 1. The number of non-ortho nitro benzene ring substituents is 2. The largest absolute Gasteiger partial charge is 0.513 e. The number of Topliss-reactive ketones (excluding diaryl/α,β-unsaturated/α-hetero) is 2. The molecule has 0 radical (unpaired) electrons. The normalized spacial score (nSPS) is 16.9. The molecular formula is C95H119ClN16O20. The number of hydrogen-bond donors (Lipinski definition) is 6. The smallest absolute Gasteiger partial charge is 0.447 e. The minimum atomic E-state index is -0.978. The van der Waals surface area contributed by atoms with Gasteiger partial charge in [0, 0.05) is 68.1 Å². The highest BCUT2D eigenvalue weighted by Crippen LogP contribution is 2.33. The van der Waals surface area contributed by atoms with Crippen LogP contribution in [0.3, 0.4) is 0 Å². The lowest BCUT2D eigenvalue weighted by molar-refractivity contribution is -0.385. The van der Waals surface area contributed by atoms with E-state index in [-0.39, 0.29) is 113 Å². The summed E-state index contributed by atoms with van der Waals surface area (Å²) >= 11 is 4.92. The quantitative estimate of drug-likeness (QED) is 0.00392. The number of ether oxygens (including phenoxy) is 7. The molecule has 9 heterocycles. The third-order valence-corrected chi connectivity index (χ3v) is 19.8. The van der Waals surface area contributed by atoms with E-state index in [9.17, 15) is 58.6 Å². The molecule has 706 valence electrons. The Morgan fingerprint density at radius 3 is 1.12 bits per heavy atom. The van der Waals surface area contributed by atoms with Crippen molar-refractivity contribution in [2.45, 2.75) is 218 Å². The maximum absolute atomic E-state index is 12.1. The molecule has 3 aliphatic rings. The number of nitrogens with one attached hydrogen (secondary N) is 4. The van der Waals surface area contributed by atoms with Gasteiger partial charge in [-0.3, -0.25) is 57.9 Å². The molecule has 8 aromatic rings. The molecule has 2 aromatic carbocycles. The fourth-order valence-corrected chi connectivity index (χ4v) is 13.0. The molecule has 36 nitrogen and oxygen atoms in total. The number of nitro benzene ring substituents is 2. The number of ketones is 2. The Morgan fingerprint density at radius 2 is 0.788 bits per heavy atom. The number of hydrogen-bond acceptors (Lipinski definition) is 27. The number of aliphatic hydroxyl groups excluding tert-OH is 1. The van der Waals surface area contributed by atoms with Crippen LogP contribution in [-0.4, -0.2) is 154 Å². The number of imidazole rings is 3. The molecule has 11 rings (SSSR count). The van der Waals surface area contributed by atoms with Crippen molar-refractivity contribution in [2.24, 2.45) is 5.73 Å². The van der Waals surface area contributed by atoms with Crippen LogP contribution in [0.25, 0.3) is 33.5 Å². The molecule has 0 spiro atoms. The van der Waals surface area contributed by atoms with E-state index in [1.807, 2.05) is 6.08 Å². The highest BCUT2D eigenvalue weighted by atomic mass is 35.5. The van der Waals surface area contributed by atoms with E-state index < -0.39 is 27.5 Å². The van der Waals surface area contributed by atoms with Gasteiger partial charge in [-0.25, -0.2) is 44.3 Å². The van der Waals surface area contributed by atoms with Crippen LogP contribution in [0.4, 0.5) is 25.8 Å². The average Bonchev–Trinajstić information content (AvgIpc) is 1.66. The van der Waals surface area contributed by atoms with Gasteiger partial charge in [0.15, 0.2) is 33.5 Å². The van der Waals surface area contributed by atoms with Crippen LogP contribution in [0.1, 0.15) is 199 Å². The second-order valence-electron chi connectivity index (χ2n) is 29.7. The second-order valence-corrected chi connectivity index (χ2v) is 30.0. The van der Waals surface area contributed by atoms with Gasteiger partial charge in [-0.15, -0.1) is 0 Å². The van der Waals surface area contributed by atoms with E-state index in [1.54, 1.807) is 26.4 Å². The fourth-order valence-electron chi connectivity index (χ4n) is 12.9. The number of benzene rings is 2. The Balaban J connectivity index is 0.000000240. The number of halogens is 1. The first-order valence-corrected chi connectivity index (χ1v) is 44.6. The number of carbonyl (C=O) groups excluding carboxylic acids is 5. The van der Waals surface area contributed by atoms with Crippen molar-refractivity contribution in [1.82, 2.24) is 63.9 Å². The monoisotopic (exact) mass is 1840 g/mol. The van der Waals surface area contributed by atoms with Gasteiger partial charge in [-0.2, -0.15) is 0 Å². The van der Waals surface area contributed by atoms with Gasteiger partial charge in [-0.1, -0.05) is 160 Å². The van der Waals surface area contributed by atoms with Crippen molar-refractivity contribution in [2.75, 3.05) is 32.9 Å². The molecule has 3 fully saturated rings. The van der Waals surface area contributed by atoms with Crippen molar-refractivity contribution in [3.8, 4) is 11.5 Å². The number of nitro groups is 2. The molecule has 3 aliphatic heterocycles. The van der Waals surface area contributed by atoms with Crippen LogP contribution < -0.4 is 37.2 Å². The Labute approximate surface area is 769 Å². The molecule has 132 heavy (non-hydrogen) atoms. The van der Waals surface area contributed by atoms with Crippen LogP contribution in [0.15, 0.2) is 247 Å². The molecule has 0 saturated carbocycles. The van der Waals surface area contributed by atoms with Crippen molar-refractivity contribution < 1.29 is 72.1 Å². The minimum absolute atomic E-state index is 0.0111. The first-order chi connectivity index (χ1) is 64.3. The van der Waals surface area contributed by atoms with E-state index in [0.717, 1.165) is 109 Å². The number of amides is 1. The van der Waals surface area contributed by atoms with Crippen LogP contribution in [0.5, 0.6) is 11.5 Å². The lowest BCUT2D eigenvalue weighted by Crippen LogP contribution is -2.29. The van der Waals surface area contributed by atoms with Gasteiger partial charge in [0.1, 0.15) is 55.0 Å². The van der Waals surface area contributed by atoms with E-state index in [4.69, 9.17) is 50.9 Å². The summed E-state index contributed by atoms with van der Waals surface area (Å²) in [5, 5.41) is 32.5. The van der Waals surface area contributed by atoms with Crippen LogP contribution in [-0.2, 0) is 33.3 Å². The molecule has 0 bridgehead atoms. The molecule has 0 aliphatic carbocycles. The molecule has 6 aromatic heterocycles. The number of rotatable bonds is 47. The second kappa shape index (κ2) is 62.8. The van der Waals surface area contributed by atoms with E-state index in [2.05, 4.69) is 209 Å². The highest BCUT2D eigenvalue weighted by molar-refractivity contribution is 6.61. The van der Waals surface area contributed by atoms with E-state index >= 15 is 0 Å². The van der Waals surface area contributed by atoms with Gasteiger partial charge in [0.25, 0.3) is 28.1 Å². The minimum Gasteiger partial charge on any atom is -0.447 e. The van der Waals surface area contributed by atoms with Gasteiger partial charge in [0.2, 0.25) is 0 Å². The number of aromatic nitrogens is 12. The molecule has 7 N–H and O–H groups in total. The predicted molar refractivity (Wildman–Crippen MR) is 503 cm³/mol. The first-order valence-electron chi connectivity index (χ1n) is 44.2. The average molecular weight is 1840 g/mol. The van der Waals surface area contributed by atoms with Crippen molar-refractivity contribution in [3.05, 3.63) is 284 Å². The lowest BCUT2D eigenvalue weighted by atomic mass is 10.1. The Hall–Kier alpha value is -13.4. The summed E-state index contributed by atoms with van der Waals surface area (Å²) in [6.07, 6.45) is 78.9. The Kier molecular flexibility index (Phi) is 50.2. The number of nitrogens with zero attached hydrogens (tertiary/aromatic N) is 11. The number of carbonyl (C=O) groups is 5. The maximum atomic E-state index is 12.1.